The van der Waals surface area contributed by atoms with E-state index < -0.39 is 76.0 Å². The second-order valence-corrected chi connectivity index (χ2v) is 9.94. The molecule has 2 aliphatic rings. The number of hydrogen-bond acceptors (Lipinski definition) is 9. The molecule has 0 aliphatic carbocycles. The number of nitrogens with zero attached hydrogens (tertiary/aromatic N) is 4. The molecule has 2 aromatic heterocycles. The van der Waals surface area contributed by atoms with Crippen molar-refractivity contribution in [2.75, 3.05) is 18.5 Å². The zero-order valence-electron chi connectivity index (χ0n) is 21.7. The summed E-state index contributed by atoms with van der Waals surface area (Å²) in [4.78, 5) is 14.5. The minimum Gasteiger partial charge on any atom is -0.415 e. The number of nitro groups is 1. The number of alkyl halides is 6. The van der Waals surface area contributed by atoms with Gasteiger partial charge in [-0.25, -0.2) is 4.98 Å². The second kappa shape index (κ2) is 11.0. The highest BCUT2D eigenvalue weighted by molar-refractivity contribution is 5.68. The van der Waals surface area contributed by atoms with Gasteiger partial charge in [0, 0.05) is 12.7 Å². The average molecular weight is 599 g/mol. The van der Waals surface area contributed by atoms with Crippen LogP contribution < -0.4 is 5.32 Å². The van der Waals surface area contributed by atoms with Crippen molar-refractivity contribution in [3.63, 3.8) is 0 Å². The number of anilines is 1. The molecular weight excluding hydrogens is 576 g/mol. The summed E-state index contributed by atoms with van der Waals surface area (Å²) in [5.74, 6) is -2.74. The Hall–Kier alpha value is -4.05. The summed E-state index contributed by atoms with van der Waals surface area (Å²) in [5, 5.41) is 21.7. The first-order chi connectivity index (χ1) is 19.8. The lowest BCUT2D eigenvalue weighted by atomic mass is 9.92. The average Bonchev–Trinajstić information content (AvgIpc) is 3.59. The molecule has 2 aliphatic heterocycles. The number of halogens is 6. The number of nitrogens with one attached hydrogen (secondary N) is 1. The zero-order chi connectivity index (χ0) is 30.2. The van der Waals surface area contributed by atoms with Crippen LogP contribution in [0.2, 0.25) is 0 Å². The van der Waals surface area contributed by atoms with Gasteiger partial charge < -0.3 is 19.2 Å². The number of hydrogen-bond donors (Lipinski definition) is 1. The molecule has 0 saturated carbocycles. The molecule has 4 bridgehead atoms. The Morgan fingerprint density at radius 3 is 2.48 bits per heavy atom. The number of fused-ring (bicyclic) bond motifs is 5. The third kappa shape index (κ3) is 5.68. The van der Waals surface area contributed by atoms with Crippen LogP contribution in [0.25, 0.3) is 11.6 Å². The maximum atomic E-state index is 14.8. The topological polar surface area (TPSA) is 125 Å². The molecule has 1 spiro atoms. The normalized spacial score (nSPS) is 23.0. The molecular formula is C26H23F6N5O5. The van der Waals surface area contributed by atoms with Gasteiger partial charge in [-0.1, -0.05) is 42.5 Å². The summed E-state index contributed by atoms with van der Waals surface area (Å²) in [7, 11) is 0. The zero-order valence-corrected chi connectivity index (χ0v) is 21.7. The molecule has 2 atom stereocenters. The van der Waals surface area contributed by atoms with Gasteiger partial charge in [-0.15, -0.1) is 10.2 Å². The highest BCUT2D eigenvalue weighted by Gasteiger charge is 2.61. The van der Waals surface area contributed by atoms with Gasteiger partial charge >= 0.3 is 18.0 Å². The van der Waals surface area contributed by atoms with Gasteiger partial charge in [0.2, 0.25) is 11.3 Å². The fourth-order valence-electron chi connectivity index (χ4n) is 4.84. The van der Waals surface area contributed by atoms with Gasteiger partial charge in [0.15, 0.2) is 0 Å². The molecule has 1 fully saturated rings. The van der Waals surface area contributed by atoms with E-state index in [0.29, 0.717) is 5.56 Å². The molecule has 3 aromatic rings. The van der Waals surface area contributed by atoms with E-state index >= 15 is 0 Å². The van der Waals surface area contributed by atoms with Crippen LogP contribution in [0.15, 0.2) is 53.0 Å². The van der Waals surface area contributed by atoms with E-state index in [1.54, 1.807) is 30.3 Å². The summed E-state index contributed by atoms with van der Waals surface area (Å²) in [6.07, 6.45) is -7.78. The molecule has 5 rings (SSSR count). The minimum atomic E-state index is -5.11. The Morgan fingerprint density at radius 2 is 1.83 bits per heavy atom. The molecule has 1 unspecified atom stereocenters. The van der Waals surface area contributed by atoms with E-state index in [1.165, 1.54) is 12.2 Å². The van der Waals surface area contributed by atoms with Crippen molar-refractivity contribution in [1.82, 2.24) is 15.2 Å². The maximum absolute atomic E-state index is 14.8. The minimum absolute atomic E-state index is 0.0416. The molecule has 10 nitrogen and oxygen atoms in total. The van der Waals surface area contributed by atoms with Crippen molar-refractivity contribution in [2.45, 2.75) is 55.8 Å². The number of ether oxygens (including phenoxy) is 2. The van der Waals surface area contributed by atoms with E-state index in [9.17, 15) is 36.5 Å². The highest BCUT2D eigenvalue weighted by Crippen LogP contribution is 2.48. The van der Waals surface area contributed by atoms with Crippen LogP contribution >= 0.6 is 0 Å². The van der Waals surface area contributed by atoms with Crippen LogP contribution in [0.4, 0.5) is 37.8 Å². The Bertz CT molecular complexity index is 1470. The van der Waals surface area contributed by atoms with Crippen molar-refractivity contribution >= 4 is 11.5 Å². The van der Waals surface area contributed by atoms with E-state index in [4.69, 9.17) is 13.9 Å². The number of pyridine rings is 1. The number of allylic oxidation sites excluding steroid dienone is 1. The first-order valence-electron chi connectivity index (χ1n) is 12.7. The third-order valence-corrected chi connectivity index (χ3v) is 7.09. The molecule has 224 valence electrons. The van der Waals surface area contributed by atoms with Gasteiger partial charge in [-0.2, -0.15) is 26.3 Å². The molecule has 16 heteroatoms. The van der Waals surface area contributed by atoms with Gasteiger partial charge in [0.1, 0.15) is 11.4 Å². The van der Waals surface area contributed by atoms with Crippen molar-refractivity contribution < 1.29 is 45.2 Å². The van der Waals surface area contributed by atoms with Crippen molar-refractivity contribution in [3.8, 4) is 11.6 Å². The van der Waals surface area contributed by atoms with Crippen LogP contribution in [0.5, 0.6) is 0 Å². The predicted octanol–water partition coefficient (Wildman–Crippen LogP) is 6.34. The van der Waals surface area contributed by atoms with Crippen molar-refractivity contribution in [3.05, 3.63) is 75.7 Å². The van der Waals surface area contributed by atoms with E-state index in [-0.39, 0.29) is 38.5 Å². The van der Waals surface area contributed by atoms with Crippen LogP contribution in [0.1, 0.15) is 42.7 Å². The summed E-state index contributed by atoms with van der Waals surface area (Å²) >= 11 is 0. The largest absolute Gasteiger partial charge is 0.426 e. The predicted molar refractivity (Wildman–Crippen MR) is 133 cm³/mol. The van der Waals surface area contributed by atoms with Gasteiger partial charge in [-0.3, -0.25) is 10.1 Å². The quantitative estimate of drug-likeness (QED) is 0.158. The molecule has 4 heterocycles. The van der Waals surface area contributed by atoms with E-state index in [2.05, 4.69) is 20.5 Å². The fraction of sp³-hybridized carbons (Fsp3) is 0.423. The summed E-state index contributed by atoms with van der Waals surface area (Å²) in [6.45, 7) is -0.353. The molecule has 1 aromatic carbocycles. The number of aromatic nitrogens is 3. The summed E-state index contributed by atoms with van der Waals surface area (Å²) in [6, 6.07) is 8.25. The molecule has 0 amide bonds. The number of rotatable bonds is 4. The Kier molecular flexibility index (Phi) is 7.70. The summed E-state index contributed by atoms with van der Waals surface area (Å²) < 4.78 is 103. The standard InChI is InChI=1S/C26H23F6N5O5/c27-25(28,29)17-13-18(37(38)39)19-21-35-36-22(42-21)24(26(30,31)32,41-14-16-7-3-1-4-8-16)10-6-2-5-9-23(11-12-40-15-23)34-20(17)33-19/h1-5,7-8,13H,6,9-12,14-15H2,(H,33,34)/t23?,24-/m1/s1. The van der Waals surface area contributed by atoms with E-state index in [0.717, 1.165) is 0 Å². The third-order valence-electron chi connectivity index (χ3n) is 7.09. The smallest absolute Gasteiger partial charge is 0.415 e. The molecule has 1 N–H and O–H groups in total. The maximum Gasteiger partial charge on any atom is 0.426 e. The Morgan fingerprint density at radius 1 is 1.07 bits per heavy atom. The van der Waals surface area contributed by atoms with E-state index in [1.807, 2.05) is 0 Å². The first kappa shape index (κ1) is 29.4. The fourth-order valence-corrected chi connectivity index (χ4v) is 4.84. The summed E-state index contributed by atoms with van der Waals surface area (Å²) in [5.41, 5.74) is -7.33. The number of benzene rings is 1. The first-order valence-corrected chi connectivity index (χ1v) is 12.7. The second-order valence-electron chi connectivity index (χ2n) is 9.94. The van der Waals surface area contributed by atoms with Gasteiger partial charge in [0.05, 0.1) is 23.7 Å². The molecule has 1 saturated heterocycles. The lowest BCUT2D eigenvalue weighted by molar-refractivity contribution is -0.384. The monoisotopic (exact) mass is 599 g/mol. The Balaban J connectivity index is 1.70. The molecule has 0 radical (unpaired) electrons. The van der Waals surface area contributed by atoms with Crippen molar-refractivity contribution in [2.24, 2.45) is 0 Å². The SMILES string of the molecule is O=[N+]([O-])c1cc(C(F)(F)F)c2nc1-c1nnc(o1)[C@@](OCc1ccccc1)(C(F)(F)F)CCC=CCC1(CCOC1)N2. The van der Waals surface area contributed by atoms with Crippen LogP contribution in [0, 0.1) is 10.1 Å². The van der Waals surface area contributed by atoms with Crippen molar-refractivity contribution in [1.29, 1.82) is 0 Å². The highest BCUT2D eigenvalue weighted by atomic mass is 19.4. The van der Waals surface area contributed by atoms with Crippen LogP contribution in [-0.2, 0) is 27.9 Å². The van der Waals surface area contributed by atoms with Gasteiger partial charge in [-0.05, 0) is 31.2 Å². The Labute approximate surface area is 233 Å². The lowest BCUT2D eigenvalue weighted by Crippen LogP contribution is -2.45. The van der Waals surface area contributed by atoms with Crippen LogP contribution in [-0.4, -0.2) is 45.0 Å². The van der Waals surface area contributed by atoms with Crippen LogP contribution in [0.3, 0.4) is 0 Å². The van der Waals surface area contributed by atoms with Gasteiger partial charge in [0.25, 0.3) is 11.8 Å². The lowest BCUT2D eigenvalue weighted by Gasteiger charge is -2.32. The molecule has 42 heavy (non-hydrogen) atoms.